The number of methoxy groups -OCH3 is 1. The molecule has 0 aliphatic carbocycles. The highest BCUT2D eigenvalue weighted by Gasteiger charge is 2.24. The first-order valence-electron chi connectivity index (χ1n) is 10.2. The molecule has 0 saturated heterocycles. The van der Waals surface area contributed by atoms with E-state index in [4.69, 9.17) is 9.47 Å². The second kappa shape index (κ2) is 9.70. The number of carbonyl (C=O) groups is 2. The van der Waals surface area contributed by atoms with Gasteiger partial charge in [-0.1, -0.05) is 48.5 Å². The van der Waals surface area contributed by atoms with Crippen LogP contribution in [0.25, 0.3) is 10.9 Å². The number of amides is 2. The first-order chi connectivity index (χ1) is 15.6. The summed E-state index contributed by atoms with van der Waals surface area (Å²) >= 11 is 0. The number of para-hydroxylation sites is 4. The van der Waals surface area contributed by atoms with Crippen LogP contribution in [-0.4, -0.2) is 30.1 Å². The molecule has 0 saturated carbocycles. The van der Waals surface area contributed by atoms with E-state index in [1.807, 2.05) is 42.6 Å². The monoisotopic (exact) mass is 429 g/mol. The number of aromatic amines is 1. The van der Waals surface area contributed by atoms with E-state index in [-0.39, 0.29) is 12.3 Å². The van der Waals surface area contributed by atoms with E-state index in [2.05, 4.69) is 15.6 Å². The van der Waals surface area contributed by atoms with Crippen molar-refractivity contribution in [1.82, 2.24) is 10.3 Å². The molecule has 0 bridgehead atoms. The molecule has 0 fully saturated rings. The van der Waals surface area contributed by atoms with Gasteiger partial charge < -0.3 is 25.1 Å². The molecule has 1 atom stereocenters. The number of fused-ring (bicyclic) bond motifs is 1. The van der Waals surface area contributed by atoms with Crippen molar-refractivity contribution in [3.05, 3.63) is 90.6 Å². The van der Waals surface area contributed by atoms with Gasteiger partial charge in [-0.05, 0) is 35.9 Å². The van der Waals surface area contributed by atoms with Gasteiger partial charge in [0.15, 0.2) is 0 Å². The molecule has 0 unspecified atom stereocenters. The van der Waals surface area contributed by atoms with Gasteiger partial charge in [-0.2, -0.15) is 0 Å². The van der Waals surface area contributed by atoms with Crippen LogP contribution >= 0.6 is 0 Å². The van der Waals surface area contributed by atoms with Crippen LogP contribution in [-0.2, 0) is 11.2 Å². The molecular formula is C25H23N3O4. The Hall–Kier alpha value is -4.26. The molecule has 1 heterocycles. The molecule has 3 N–H and O–H groups in total. The van der Waals surface area contributed by atoms with E-state index < -0.39 is 12.1 Å². The van der Waals surface area contributed by atoms with Gasteiger partial charge in [-0.3, -0.25) is 4.79 Å². The highest BCUT2D eigenvalue weighted by molar-refractivity contribution is 5.98. The van der Waals surface area contributed by atoms with Crippen LogP contribution in [0, 0.1) is 0 Å². The van der Waals surface area contributed by atoms with E-state index in [0.717, 1.165) is 16.5 Å². The average molecular weight is 429 g/mol. The Labute approximate surface area is 185 Å². The van der Waals surface area contributed by atoms with Gasteiger partial charge in [0.25, 0.3) is 0 Å². The van der Waals surface area contributed by atoms with Gasteiger partial charge in [0.1, 0.15) is 17.5 Å². The van der Waals surface area contributed by atoms with E-state index in [1.165, 1.54) is 7.11 Å². The van der Waals surface area contributed by atoms with Gasteiger partial charge in [-0.15, -0.1) is 0 Å². The zero-order chi connectivity index (χ0) is 22.3. The summed E-state index contributed by atoms with van der Waals surface area (Å²) in [5.41, 5.74) is 2.38. The number of H-pyrrole nitrogens is 1. The van der Waals surface area contributed by atoms with E-state index in [9.17, 15) is 9.59 Å². The third-order valence-electron chi connectivity index (χ3n) is 5.03. The third kappa shape index (κ3) is 4.89. The van der Waals surface area contributed by atoms with E-state index in [1.54, 1.807) is 42.5 Å². The van der Waals surface area contributed by atoms with Crippen molar-refractivity contribution in [1.29, 1.82) is 0 Å². The molecule has 4 aromatic rings. The Morgan fingerprint density at radius 1 is 0.938 bits per heavy atom. The first-order valence-corrected chi connectivity index (χ1v) is 10.2. The van der Waals surface area contributed by atoms with Crippen LogP contribution in [0.2, 0.25) is 0 Å². The highest BCUT2D eigenvalue weighted by atomic mass is 16.6. The summed E-state index contributed by atoms with van der Waals surface area (Å²) in [5.74, 6) is 0.532. The average Bonchev–Trinajstić information content (AvgIpc) is 3.22. The van der Waals surface area contributed by atoms with Crippen molar-refractivity contribution in [3.8, 4) is 11.5 Å². The number of benzene rings is 3. The van der Waals surface area contributed by atoms with Crippen LogP contribution in [0.3, 0.4) is 0 Å². The third-order valence-corrected chi connectivity index (χ3v) is 5.03. The van der Waals surface area contributed by atoms with E-state index in [0.29, 0.717) is 17.2 Å². The van der Waals surface area contributed by atoms with Gasteiger partial charge in [0, 0.05) is 23.5 Å². The van der Waals surface area contributed by atoms with Crippen LogP contribution in [0.1, 0.15) is 5.56 Å². The topological polar surface area (TPSA) is 92.5 Å². The molecule has 0 radical (unpaired) electrons. The lowest BCUT2D eigenvalue weighted by Crippen LogP contribution is -2.46. The maximum absolute atomic E-state index is 13.2. The molecule has 7 nitrogen and oxygen atoms in total. The molecular weight excluding hydrogens is 406 g/mol. The number of rotatable bonds is 7. The number of hydrogen-bond donors (Lipinski definition) is 3. The molecule has 162 valence electrons. The number of carbonyl (C=O) groups excluding carboxylic acids is 2. The Morgan fingerprint density at radius 2 is 1.66 bits per heavy atom. The van der Waals surface area contributed by atoms with Crippen molar-refractivity contribution in [3.63, 3.8) is 0 Å². The zero-order valence-electron chi connectivity index (χ0n) is 17.5. The molecule has 1 aromatic heterocycles. The van der Waals surface area contributed by atoms with Crippen molar-refractivity contribution in [2.45, 2.75) is 12.5 Å². The second-order valence-corrected chi connectivity index (χ2v) is 7.15. The molecule has 7 heteroatoms. The molecule has 2 amide bonds. The smallest absolute Gasteiger partial charge is 0.413 e. The molecule has 3 aromatic carbocycles. The minimum Gasteiger partial charge on any atom is -0.495 e. The van der Waals surface area contributed by atoms with Crippen molar-refractivity contribution >= 4 is 28.6 Å². The Balaban J connectivity index is 1.56. The molecule has 4 rings (SSSR count). The van der Waals surface area contributed by atoms with Gasteiger partial charge in [-0.25, -0.2) is 4.79 Å². The fourth-order valence-corrected chi connectivity index (χ4v) is 3.46. The lowest BCUT2D eigenvalue weighted by Gasteiger charge is -2.19. The molecule has 32 heavy (non-hydrogen) atoms. The number of hydrogen-bond acceptors (Lipinski definition) is 4. The second-order valence-electron chi connectivity index (χ2n) is 7.15. The van der Waals surface area contributed by atoms with E-state index >= 15 is 0 Å². The first kappa shape index (κ1) is 21.0. The highest BCUT2D eigenvalue weighted by Crippen LogP contribution is 2.24. The zero-order valence-corrected chi connectivity index (χ0v) is 17.5. The Morgan fingerprint density at radius 3 is 2.47 bits per heavy atom. The standard InChI is InChI=1S/C25H23N3O4/c1-31-23-14-8-7-13-21(23)27-24(29)22(28-25(30)32-18-9-3-2-4-10-18)15-17-16-26-20-12-6-5-11-19(17)20/h2-14,16,22,26H,15H2,1H3,(H,27,29)(H,28,30)/t22-/m1/s1. The summed E-state index contributed by atoms with van der Waals surface area (Å²) in [6.45, 7) is 0. The minimum atomic E-state index is -0.879. The quantitative estimate of drug-likeness (QED) is 0.403. The molecule has 0 spiro atoms. The van der Waals surface area contributed by atoms with Crippen LogP contribution in [0.15, 0.2) is 85.1 Å². The summed E-state index contributed by atoms with van der Waals surface area (Å²) in [7, 11) is 1.53. The minimum absolute atomic E-state index is 0.273. The summed E-state index contributed by atoms with van der Waals surface area (Å²) in [6.07, 6.45) is 1.41. The maximum Gasteiger partial charge on any atom is 0.413 e. The number of nitrogens with one attached hydrogen (secondary N) is 3. The summed E-state index contributed by atoms with van der Waals surface area (Å²) < 4.78 is 10.7. The fraction of sp³-hybridized carbons (Fsp3) is 0.120. The summed E-state index contributed by atoms with van der Waals surface area (Å²) in [4.78, 5) is 28.9. The largest absolute Gasteiger partial charge is 0.495 e. The van der Waals surface area contributed by atoms with Crippen LogP contribution in [0.4, 0.5) is 10.5 Å². The Bertz CT molecular complexity index is 1220. The predicted molar refractivity (Wildman–Crippen MR) is 123 cm³/mol. The maximum atomic E-state index is 13.2. The van der Waals surface area contributed by atoms with Crippen molar-refractivity contribution in [2.75, 3.05) is 12.4 Å². The van der Waals surface area contributed by atoms with Crippen LogP contribution < -0.4 is 20.1 Å². The van der Waals surface area contributed by atoms with Crippen molar-refractivity contribution in [2.24, 2.45) is 0 Å². The number of ether oxygens (including phenoxy) is 2. The normalized spacial score (nSPS) is 11.5. The van der Waals surface area contributed by atoms with Gasteiger partial charge >= 0.3 is 6.09 Å². The fourth-order valence-electron chi connectivity index (χ4n) is 3.46. The summed E-state index contributed by atoms with van der Waals surface area (Å²) in [5, 5.41) is 6.53. The lowest BCUT2D eigenvalue weighted by atomic mass is 10.0. The van der Waals surface area contributed by atoms with Crippen molar-refractivity contribution < 1.29 is 19.1 Å². The van der Waals surface area contributed by atoms with Gasteiger partial charge in [0.05, 0.1) is 12.8 Å². The Kier molecular flexibility index (Phi) is 6.36. The lowest BCUT2D eigenvalue weighted by molar-refractivity contribution is -0.118. The molecule has 0 aliphatic heterocycles. The molecule has 0 aliphatic rings. The van der Waals surface area contributed by atoms with Crippen LogP contribution in [0.5, 0.6) is 11.5 Å². The van der Waals surface area contributed by atoms with Gasteiger partial charge in [0.2, 0.25) is 5.91 Å². The summed E-state index contributed by atoms with van der Waals surface area (Å²) in [6, 6.07) is 22.7. The predicted octanol–water partition coefficient (Wildman–Crippen LogP) is 4.51. The number of aromatic nitrogens is 1. The SMILES string of the molecule is COc1ccccc1NC(=O)[C@@H](Cc1c[nH]c2ccccc12)NC(=O)Oc1ccccc1. The number of anilines is 1.